The van der Waals surface area contributed by atoms with Crippen LogP contribution in [0.2, 0.25) is 0 Å². The minimum atomic E-state index is -0.446. The minimum Gasteiger partial charge on any atom is -0.281 e. The van der Waals surface area contributed by atoms with Crippen LogP contribution in [0.5, 0.6) is 0 Å². The molecule has 0 N–H and O–H groups in total. The third-order valence-corrected chi connectivity index (χ3v) is 1.03. The van der Waals surface area contributed by atoms with Gasteiger partial charge in [-0.3, -0.25) is 9.59 Å². The maximum atomic E-state index is 10.1. The zero-order valence-corrected chi connectivity index (χ0v) is 6.65. The molecule has 0 aliphatic carbocycles. The Labute approximate surface area is 68.8 Å². The van der Waals surface area contributed by atoms with Crippen molar-refractivity contribution in [2.75, 3.05) is 0 Å². The van der Waals surface area contributed by atoms with Crippen LogP contribution in [-0.4, -0.2) is 10.5 Å². The predicted octanol–water partition coefficient (Wildman–Crippen LogP) is 1.85. The smallest absolute Gasteiger partial charge is 0.225 e. The van der Waals surface area contributed by atoms with Crippen molar-refractivity contribution in [2.45, 2.75) is 12.8 Å². The molecule has 0 saturated heterocycles. The Morgan fingerprint density at radius 1 is 1.00 bits per heavy atom. The van der Waals surface area contributed by atoms with Crippen molar-refractivity contribution < 1.29 is 9.59 Å². The summed E-state index contributed by atoms with van der Waals surface area (Å²) in [5, 5.41) is -0.892. The molecule has 0 aliphatic rings. The molecule has 0 aromatic rings. The maximum Gasteiger partial charge on any atom is 0.225 e. The van der Waals surface area contributed by atoms with Gasteiger partial charge in [0, 0.05) is 12.8 Å². The average Bonchev–Trinajstić information content (AvgIpc) is 1.79. The molecule has 0 aromatic carbocycles. The van der Waals surface area contributed by atoms with Gasteiger partial charge in [0.15, 0.2) is 0 Å². The number of carbonyl (C=O) groups is 2. The second-order valence-electron chi connectivity index (χ2n) is 1.59. The summed E-state index contributed by atoms with van der Waals surface area (Å²) < 4.78 is 0. The molecular weight excluding hydrogens is 175 g/mol. The highest BCUT2D eigenvalue weighted by Gasteiger charge is 1.91. The van der Waals surface area contributed by atoms with Crippen molar-refractivity contribution in [3.05, 3.63) is 12.2 Å². The van der Waals surface area contributed by atoms with E-state index in [1.165, 1.54) is 12.2 Å². The molecule has 4 heteroatoms. The van der Waals surface area contributed by atoms with Crippen molar-refractivity contribution in [3.63, 3.8) is 0 Å². The van der Waals surface area contributed by atoms with E-state index >= 15 is 0 Å². The Hall–Kier alpha value is -0.340. The predicted molar refractivity (Wildman–Crippen MR) is 40.1 cm³/mol. The topological polar surface area (TPSA) is 34.1 Å². The lowest BCUT2D eigenvalue weighted by Crippen LogP contribution is -1.82. The van der Waals surface area contributed by atoms with Crippen LogP contribution in [0.1, 0.15) is 12.8 Å². The Balaban J connectivity index is 3.38. The highest BCUT2D eigenvalue weighted by atomic mass is 35.5. The lowest BCUT2D eigenvalue weighted by Gasteiger charge is -1.81. The fraction of sp³-hybridized carbons (Fsp3) is 0.333. The second-order valence-corrected chi connectivity index (χ2v) is 2.43. The zero-order chi connectivity index (χ0) is 7.98. The van der Waals surface area contributed by atoms with Crippen molar-refractivity contribution in [1.82, 2.24) is 0 Å². The summed E-state index contributed by atoms with van der Waals surface area (Å²) in [7, 11) is 0. The van der Waals surface area contributed by atoms with E-state index in [0.717, 1.165) is 0 Å². The number of carbonyl (C=O) groups excluding carboxylic acids is 2. The largest absolute Gasteiger partial charge is 0.281 e. The van der Waals surface area contributed by atoms with Crippen molar-refractivity contribution in [1.29, 1.82) is 0 Å². The van der Waals surface area contributed by atoms with Gasteiger partial charge in [0.25, 0.3) is 0 Å². The van der Waals surface area contributed by atoms with Gasteiger partial charge in [0.2, 0.25) is 10.5 Å². The molecule has 0 heterocycles. The van der Waals surface area contributed by atoms with Gasteiger partial charge in [0.1, 0.15) is 0 Å². The standard InChI is InChI=1S/C6H6Cl2O2/c7-5(9)3-1-2-4-6(8)10/h1-2H,3-4H2/b2-1+. The van der Waals surface area contributed by atoms with Gasteiger partial charge in [-0.1, -0.05) is 12.2 Å². The number of rotatable bonds is 4. The molecule has 0 unspecified atom stereocenters. The van der Waals surface area contributed by atoms with Crippen LogP contribution in [0.25, 0.3) is 0 Å². The minimum absolute atomic E-state index is 0.145. The SMILES string of the molecule is O=C(Cl)C/C=C/CC(=O)Cl. The van der Waals surface area contributed by atoms with Crippen LogP contribution >= 0.6 is 23.2 Å². The maximum absolute atomic E-state index is 10.1. The fourth-order valence-electron chi connectivity index (χ4n) is 0.352. The molecule has 10 heavy (non-hydrogen) atoms. The first-order valence-electron chi connectivity index (χ1n) is 2.64. The first-order chi connectivity index (χ1) is 4.63. The highest BCUT2D eigenvalue weighted by Crippen LogP contribution is 1.94. The van der Waals surface area contributed by atoms with Gasteiger partial charge in [-0.15, -0.1) is 0 Å². The molecule has 0 fully saturated rings. The van der Waals surface area contributed by atoms with Gasteiger partial charge in [0.05, 0.1) is 0 Å². The summed E-state index contributed by atoms with van der Waals surface area (Å²) in [5.74, 6) is 0. The first-order valence-corrected chi connectivity index (χ1v) is 3.40. The average molecular weight is 181 g/mol. The van der Waals surface area contributed by atoms with E-state index in [9.17, 15) is 9.59 Å². The Kier molecular flexibility index (Phi) is 5.26. The van der Waals surface area contributed by atoms with E-state index in [1.807, 2.05) is 0 Å². The number of allylic oxidation sites excluding steroid dienone is 2. The van der Waals surface area contributed by atoms with Gasteiger partial charge < -0.3 is 0 Å². The summed E-state index contributed by atoms with van der Waals surface area (Å²) in [4.78, 5) is 20.2. The number of hydrogen-bond donors (Lipinski definition) is 0. The summed E-state index contributed by atoms with van der Waals surface area (Å²) in [5.41, 5.74) is 0. The zero-order valence-electron chi connectivity index (χ0n) is 5.14. The molecule has 0 rings (SSSR count). The van der Waals surface area contributed by atoms with Crippen LogP contribution in [0, 0.1) is 0 Å². The quantitative estimate of drug-likeness (QED) is 0.489. The molecule has 0 atom stereocenters. The van der Waals surface area contributed by atoms with Crippen molar-refractivity contribution in [3.8, 4) is 0 Å². The van der Waals surface area contributed by atoms with Crippen LogP contribution in [-0.2, 0) is 9.59 Å². The molecule has 56 valence electrons. The lowest BCUT2D eigenvalue weighted by atomic mass is 10.3. The third kappa shape index (κ3) is 7.66. The molecule has 0 radical (unpaired) electrons. The molecule has 0 amide bonds. The van der Waals surface area contributed by atoms with Gasteiger partial charge in [-0.25, -0.2) is 0 Å². The first kappa shape index (κ1) is 9.66. The van der Waals surface area contributed by atoms with E-state index in [1.54, 1.807) is 0 Å². The Morgan fingerprint density at radius 2 is 1.30 bits per heavy atom. The molecular formula is C6H6Cl2O2. The van der Waals surface area contributed by atoms with E-state index in [2.05, 4.69) is 0 Å². The van der Waals surface area contributed by atoms with E-state index < -0.39 is 10.5 Å². The molecule has 0 bridgehead atoms. The van der Waals surface area contributed by atoms with Crippen LogP contribution in [0.3, 0.4) is 0 Å². The van der Waals surface area contributed by atoms with Crippen molar-refractivity contribution >= 4 is 33.7 Å². The van der Waals surface area contributed by atoms with E-state index in [-0.39, 0.29) is 12.8 Å². The van der Waals surface area contributed by atoms with Crippen molar-refractivity contribution in [2.24, 2.45) is 0 Å². The summed E-state index contributed by atoms with van der Waals surface area (Å²) in [6.07, 6.45) is 3.31. The summed E-state index contributed by atoms with van der Waals surface area (Å²) in [6, 6.07) is 0. The van der Waals surface area contributed by atoms with Crippen LogP contribution in [0.15, 0.2) is 12.2 Å². The number of halogens is 2. The van der Waals surface area contributed by atoms with E-state index in [4.69, 9.17) is 23.2 Å². The lowest BCUT2D eigenvalue weighted by molar-refractivity contribution is -0.112. The highest BCUT2D eigenvalue weighted by molar-refractivity contribution is 6.64. The molecule has 0 spiro atoms. The molecule has 0 aliphatic heterocycles. The monoisotopic (exact) mass is 180 g/mol. The molecule has 0 saturated carbocycles. The molecule has 2 nitrogen and oxygen atoms in total. The van der Waals surface area contributed by atoms with Gasteiger partial charge in [-0.05, 0) is 23.2 Å². The third-order valence-electron chi connectivity index (χ3n) is 0.723. The summed E-state index contributed by atoms with van der Waals surface area (Å²) in [6.45, 7) is 0. The normalized spacial score (nSPS) is 10.2. The van der Waals surface area contributed by atoms with Gasteiger partial charge in [-0.2, -0.15) is 0 Å². The fourth-order valence-corrected chi connectivity index (χ4v) is 0.530. The summed E-state index contributed by atoms with van der Waals surface area (Å²) >= 11 is 9.97. The van der Waals surface area contributed by atoms with Crippen LogP contribution < -0.4 is 0 Å². The Bertz CT molecular complexity index is 145. The Morgan fingerprint density at radius 3 is 1.50 bits per heavy atom. The number of hydrogen-bond acceptors (Lipinski definition) is 2. The van der Waals surface area contributed by atoms with Gasteiger partial charge >= 0.3 is 0 Å². The second kappa shape index (κ2) is 5.45. The van der Waals surface area contributed by atoms with Crippen LogP contribution in [0.4, 0.5) is 0 Å². The van der Waals surface area contributed by atoms with E-state index in [0.29, 0.717) is 0 Å². The molecule has 0 aromatic heterocycles.